The predicted octanol–water partition coefficient (Wildman–Crippen LogP) is 3.72. The number of amides is 1. The van der Waals surface area contributed by atoms with Crippen molar-refractivity contribution in [1.29, 1.82) is 0 Å². The number of hydrogen-bond donors (Lipinski definition) is 1. The van der Waals surface area contributed by atoms with E-state index in [9.17, 15) is 13.2 Å². The smallest absolute Gasteiger partial charge is 0.223 e. The lowest BCUT2D eigenvalue weighted by Crippen LogP contribution is -2.43. The van der Waals surface area contributed by atoms with Gasteiger partial charge in [0.1, 0.15) is 0 Å². The highest BCUT2D eigenvalue weighted by molar-refractivity contribution is 7.88. The summed E-state index contributed by atoms with van der Waals surface area (Å²) in [5.41, 5.74) is 4.11. The fraction of sp³-hybridized carbons (Fsp3) is 0.435. The number of sulfonamides is 1. The van der Waals surface area contributed by atoms with Gasteiger partial charge in [-0.1, -0.05) is 59.7 Å². The first kappa shape index (κ1) is 21.5. The first-order valence-corrected chi connectivity index (χ1v) is 11.8. The normalized spacial score (nSPS) is 17.1. The van der Waals surface area contributed by atoms with E-state index in [4.69, 9.17) is 0 Å². The standard InChI is InChI=1S/C23H30N2O3S/c1-17-7-9-21(10-8-17)19(3)24-23(26)22-11-13-25(14-12-22)29(27,28)16-20-6-4-5-18(2)15-20/h4-10,15,19,22H,11-14,16H2,1-3H3,(H,24,26)/t19-/m0/s1. The minimum atomic E-state index is -3.37. The molecular weight excluding hydrogens is 384 g/mol. The molecule has 2 aromatic rings. The van der Waals surface area contributed by atoms with Gasteiger partial charge in [-0.3, -0.25) is 4.79 Å². The highest BCUT2D eigenvalue weighted by atomic mass is 32.2. The van der Waals surface area contributed by atoms with Gasteiger partial charge in [0.2, 0.25) is 15.9 Å². The van der Waals surface area contributed by atoms with Crippen LogP contribution in [0.2, 0.25) is 0 Å². The van der Waals surface area contributed by atoms with Crippen molar-refractivity contribution in [2.24, 2.45) is 5.92 Å². The summed E-state index contributed by atoms with van der Waals surface area (Å²) in [7, 11) is -3.37. The van der Waals surface area contributed by atoms with E-state index < -0.39 is 10.0 Å². The lowest BCUT2D eigenvalue weighted by Gasteiger charge is -2.31. The Kier molecular flexibility index (Phi) is 6.75. The summed E-state index contributed by atoms with van der Waals surface area (Å²) >= 11 is 0. The van der Waals surface area contributed by atoms with Crippen LogP contribution in [-0.4, -0.2) is 31.7 Å². The number of aryl methyl sites for hydroxylation is 2. The van der Waals surface area contributed by atoms with Gasteiger partial charge in [0.15, 0.2) is 0 Å². The third-order valence-electron chi connectivity index (χ3n) is 5.59. The zero-order valence-electron chi connectivity index (χ0n) is 17.4. The zero-order valence-corrected chi connectivity index (χ0v) is 18.2. The molecular formula is C23H30N2O3S. The van der Waals surface area contributed by atoms with Gasteiger partial charge in [-0.2, -0.15) is 0 Å². The Bertz CT molecular complexity index is 946. The molecule has 1 atom stereocenters. The SMILES string of the molecule is Cc1ccc([C@H](C)NC(=O)C2CCN(S(=O)(=O)Cc3cccc(C)c3)CC2)cc1. The van der Waals surface area contributed by atoms with Crippen LogP contribution in [0.1, 0.15) is 48.1 Å². The Morgan fingerprint density at radius 2 is 1.72 bits per heavy atom. The van der Waals surface area contributed by atoms with Crippen molar-refractivity contribution < 1.29 is 13.2 Å². The maximum atomic E-state index is 12.8. The molecule has 1 aliphatic heterocycles. The van der Waals surface area contributed by atoms with Crippen LogP contribution in [0, 0.1) is 19.8 Å². The van der Waals surface area contributed by atoms with Crippen molar-refractivity contribution >= 4 is 15.9 Å². The number of carbonyl (C=O) groups is 1. The highest BCUT2D eigenvalue weighted by Gasteiger charge is 2.31. The molecule has 3 rings (SSSR count). The predicted molar refractivity (Wildman–Crippen MR) is 116 cm³/mol. The molecule has 29 heavy (non-hydrogen) atoms. The highest BCUT2D eigenvalue weighted by Crippen LogP contribution is 2.23. The molecule has 1 aliphatic rings. The molecule has 0 aliphatic carbocycles. The molecule has 0 unspecified atom stereocenters. The Morgan fingerprint density at radius 3 is 2.34 bits per heavy atom. The van der Waals surface area contributed by atoms with E-state index in [1.54, 1.807) is 0 Å². The molecule has 0 radical (unpaired) electrons. The van der Waals surface area contributed by atoms with Gasteiger partial charge in [-0.25, -0.2) is 12.7 Å². The lowest BCUT2D eigenvalue weighted by molar-refractivity contribution is -0.126. The Balaban J connectivity index is 1.54. The number of hydrogen-bond acceptors (Lipinski definition) is 3. The third kappa shape index (κ3) is 5.67. The van der Waals surface area contributed by atoms with Crippen LogP contribution in [0.4, 0.5) is 0 Å². The summed E-state index contributed by atoms with van der Waals surface area (Å²) in [5.74, 6) is -0.127. The maximum Gasteiger partial charge on any atom is 0.223 e. The van der Waals surface area contributed by atoms with Crippen molar-refractivity contribution in [3.8, 4) is 0 Å². The molecule has 5 nitrogen and oxygen atoms in total. The number of nitrogens with one attached hydrogen (secondary N) is 1. The third-order valence-corrected chi connectivity index (χ3v) is 7.44. The van der Waals surface area contributed by atoms with Crippen LogP contribution in [0.5, 0.6) is 0 Å². The summed E-state index contributed by atoms with van der Waals surface area (Å²) in [6, 6.07) is 15.7. The van der Waals surface area contributed by atoms with E-state index in [0.717, 1.165) is 16.7 Å². The molecule has 2 aromatic carbocycles. The summed E-state index contributed by atoms with van der Waals surface area (Å²) < 4.78 is 27.0. The topological polar surface area (TPSA) is 66.5 Å². The number of benzene rings is 2. The van der Waals surface area contributed by atoms with Crippen LogP contribution in [0.25, 0.3) is 0 Å². The van der Waals surface area contributed by atoms with Gasteiger partial charge in [0.05, 0.1) is 11.8 Å². The van der Waals surface area contributed by atoms with Crippen molar-refractivity contribution in [2.45, 2.75) is 45.4 Å². The van der Waals surface area contributed by atoms with Gasteiger partial charge < -0.3 is 5.32 Å². The van der Waals surface area contributed by atoms with Crippen molar-refractivity contribution in [1.82, 2.24) is 9.62 Å². The minimum Gasteiger partial charge on any atom is -0.349 e. The van der Waals surface area contributed by atoms with Crippen LogP contribution < -0.4 is 5.32 Å². The van der Waals surface area contributed by atoms with Crippen LogP contribution in [0.3, 0.4) is 0 Å². The molecule has 0 saturated carbocycles. The number of piperidine rings is 1. The van der Waals surface area contributed by atoms with E-state index >= 15 is 0 Å². The number of carbonyl (C=O) groups excluding carboxylic acids is 1. The van der Waals surface area contributed by atoms with E-state index in [-0.39, 0.29) is 23.6 Å². The van der Waals surface area contributed by atoms with E-state index in [2.05, 4.69) is 5.32 Å². The summed E-state index contributed by atoms with van der Waals surface area (Å²) in [6.07, 6.45) is 1.11. The van der Waals surface area contributed by atoms with Gasteiger partial charge in [-0.15, -0.1) is 0 Å². The Labute approximate surface area is 174 Å². The first-order chi connectivity index (χ1) is 13.7. The molecule has 1 heterocycles. The van der Waals surface area contributed by atoms with E-state index in [1.165, 1.54) is 9.87 Å². The van der Waals surface area contributed by atoms with Crippen LogP contribution >= 0.6 is 0 Å². The van der Waals surface area contributed by atoms with E-state index in [0.29, 0.717) is 25.9 Å². The first-order valence-electron chi connectivity index (χ1n) is 10.1. The molecule has 1 saturated heterocycles. The number of nitrogens with zero attached hydrogens (tertiary/aromatic N) is 1. The van der Waals surface area contributed by atoms with Crippen LogP contribution in [0.15, 0.2) is 48.5 Å². The minimum absolute atomic E-state index is 0.00815. The van der Waals surface area contributed by atoms with E-state index in [1.807, 2.05) is 69.3 Å². The summed E-state index contributed by atoms with van der Waals surface area (Å²) in [5, 5.41) is 3.08. The summed E-state index contributed by atoms with van der Waals surface area (Å²) in [4.78, 5) is 12.7. The van der Waals surface area contributed by atoms with Gasteiger partial charge in [-0.05, 0) is 44.7 Å². The second-order valence-corrected chi connectivity index (χ2v) is 10.0. The quantitative estimate of drug-likeness (QED) is 0.783. The van der Waals surface area contributed by atoms with Gasteiger partial charge >= 0.3 is 0 Å². The average molecular weight is 415 g/mol. The Hall–Kier alpha value is -2.18. The van der Waals surface area contributed by atoms with Gasteiger partial charge in [0, 0.05) is 19.0 Å². The molecule has 156 valence electrons. The largest absolute Gasteiger partial charge is 0.349 e. The molecule has 0 spiro atoms. The second kappa shape index (κ2) is 9.09. The fourth-order valence-electron chi connectivity index (χ4n) is 3.77. The Morgan fingerprint density at radius 1 is 1.07 bits per heavy atom. The fourth-order valence-corrected chi connectivity index (χ4v) is 5.32. The molecule has 1 N–H and O–H groups in total. The molecule has 1 fully saturated rings. The monoisotopic (exact) mass is 414 g/mol. The molecule has 0 bridgehead atoms. The molecule has 6 heteroatoms. The summed E-state index contributed by atoms with van der Waals surface area (Å²) in [6.45, 7) is 6.76. The molecule has 1 amide bonds. The average Bonchev–Trinajstić information content (AvgIpc) is 2.68. The van der Waals surface area contributed by atoms with Crippen molar-refractivity contribution in [3.63, 3.8) is 0 Å². The zero-order chi connectivity index (χ0) is 21.0. The number of rotatable bonds is 6. The van der Waals surface area contributed by atoms with Crippen molar-refractivity contribution in [2.75, 3.05) is 13.1 Å². The van der Waals surface area contributed by atoms with Crippen molar-refractivity contribution in [3.05, 3.63) is 70.8 Å². The van der Waals surface area contributed by atoms with Gasteiger partial charge in [0.25, 0.3) is 0 Å². The lowest BCUT2D eigenvalue weighted by atomic mass is 9.96. The molecule has 0 aromatic heterocycles. The maximum absolute atomic E-state index is 12.8. The van der Waals surface area contributed by atoms with Crippen LogP contribution in [-0.2, 0) is 20.6 Å². The second-order valence-electron chi connectivity index (χ2n) is 8.06.